The van der Waals surface area contributed by atoms with Gasteiger partial charge in [0.25, 0.3) is 0 Å². The van der Waals surface area contributed by atoms with E-state index in [1.807, 2.05) is 13.0 Å². The summed E-state index contributed by atoms with van der Waals surface area (Å²) in [5.74, 6) is -0.0341. The SMILES string of the molecule is CCCN(CCO)c1nc(C(F)(F)F)ccc1C#N. The molecule has 0 spiro atoms. The number of nitrogens with zero attached hydrogens (tertiary/aromatic N) is 3. The van der Waals surface area contributed by atoms with Crippen LogP contribution >= 0.6 is 0 Å². The predicted molar refractivity (Wildman–Crippen MR) is 63.5 cm³/mol. The molecule has 0 bridgehead atoms. The molecule has 4 nitrogen and oxygen atoms in total. The third kappa shape index (κ3) is 3.83. The Morgan fingerprint density at radius 3 is 2.53 bits per heavy atom. The van der Waals surface area contributed by atoms with Crippen LogP contribution in [0.3, 0.4) is 0 Å². The quantitative estimate of drug-likeness (QED) is 0.893. The molecule has 0 aromatic carbocycles. The summed E-state index contributed by atoms with van der Waals surface area (Å²) in [5, 5.41) is 17.9. The molecule has 0 unspecified atom stereocenters. The first-order chi connectivity index (χ1) is 8.93. The van der Waals surface area contributed by atoms with Crippen molar-refractivity contribution in [2.45, 2.75) is 19.5 Å². The molecule has 1 N–H and O–H groups in total. The Balaban J connectivity index is 3.24. The fraction of sp³-hybridized carbons (Fsp3) is 0.500. The maximum absolute atomic E-state index is 12.6. The van der Waals surface area contributed by atoms with Crippen molar-refractivity contribution in [3.63, 3.8) is 0 Å². The normalized spacial score (nSPS) is 11.2. The molecule has 0 aliphatic heterocycles. The minimum Gasteiger partial charge on any atom is -0.395 e. The van der Waals surface area contributed by atoms with Gasteiger partial charge in [0.05, 0.1) is 12.2 Å². The van der Waals surface area contributed by atoms with Crippen LogP contribution in [0, 0.1) is 11.3 Å². The van der Waals surface area contributed by atoms with Crippen LogP contribution in [0.2, 0.25) is 0 Å². The zero-order valence-electron chi connectivity index (χ0n) is 10.4. The Bertz CT molecular complexity index is 462. The van der Waals surface area contributed by atoms with Crippen LogP contribution in [-0.2, 0) is 6.18 Å². The summed E-state index contributed by atoms with van der Waals surface area (Å²) in [6, 6.07) is 3.70. The Kier molecular flexibility index (Phi) is 5.12. The number of hydrogen-bond acceptors (Lipinski definition) is 4. The summed E-state index contributed by atoms with van der Waals surface area (Å²) in [7, 11) is 0. The van der Waals surface area contributed by atoms with Crippen molar-refractivity contribution in [3.8, 4) is 6.07 Å². The monoisotopic (exact) mass is 273 g/mol. The first kappa shape index (κ1) is 15.2. The Morgan fingerprint density at radius 2 is 2.05 bits per heavy atom. The molecule has 104 valence electrons. The summed E-state index contributed by atoms with van der Waals surface area (Å²) in [4.78, 5) is 5.00. The van der Waals surface area contributed by atoms with Gasteiger partial charge in [-0.15, -0.1) is 0 Å². The standard InChI is InChI=1S/C12H14F3N3O/c1-2-5-18(6-7-19)11-9(8-16)3-4-10(17-11)12(13,14)15/h3-4,19H,2,5-7H2,1H3. The van der Waals surface area contributed by atoms with Crippen LogP contribution < -0.4 is 4.90 Å². The van der Waals surface area contributed by atoms with Crippen LogP contribution in [0.5, 0.6) is 0 Å². The molecule has 0 atom stereocenters. The van der Waals surface area contributed by atoms with Gasteiger partial charge >= 0.3 is 6.18 Å². The average Bonchev–Trinajstić information content (AvgIpc) is 2.36. The lowest BCUT2D eigenvalue weighted by molar-refractivity contribution is -0.141. The maximum atomic E-state index is 12.6. The third-order valence-electron chi connectivity index (χ3n) is 2.45. The van der Waals surface area contributed by atoms with E-state index in [0.29, 0.717) is 13.0 Å². The number of anilines is 1. The van der Waals surface area contributed by atoms with Crippen molar-refractivity contribution >= 4 is 5.82 Å². The molecular weight excluding hydrogens is 259 g/mol. The summed E-state index contributed by atoms with van der Waals surface area (Å²) >= 11 is 0. The van der Waals surface area contributed by atoms with Gasteiger partial charge in [0.1, 0.15) is 17.6 Å². The summed E-state index contributed by atoms with van der Waals surface area (Å²) in [6.45, 7) is 2.19. The van der Waals surface area contributed by atoms with E-state index in [0.717, 1.165) is 12.1 Å². The highest BCUT2D eigenvalue weighted by Crippen LogP contribution is 2.30. The van der Waals surface area contributed by atoms with Gasteiger partial charge in [-0.25, -0.2) is 4.98 Å². The van der Waals surface area contributed by atoms with Gasteiger partial charge in [0.15, 0.2) is 0 Å². The lowest BCUT2D eigenvalue weighted by atomic mass is 10.2. The van der Waals surface area contributed by atoms with Crippen molar-refractivity contribution < 1.29 is 18.3 Å². The number of halogens is 3. The number of aromatic nitrogens is 1. The second-order valence-electron chi connectivity index (χ2n) is 3.89. The first-order valence-electron chi connectivity index (χ1n) is 5.78. The van der Waals surface area contributed by atoms with Crippen LogP contribution in [0.25, 0.3) is 0 Å². The molecule has 0 amide bonds. The molecule has 0 fully saturated rings. The van der Waals surface area contributed by atoms with Crippen LogP contribution in [0.4, 0.5) is 19.0 Å². The minimum absolute atomic E-state index is 0.0341. The predicted octanol–water partition coefficient (Wildman–Crippen LogP) is 2.18. The molecule has 0 aliphatic rings. The molecule has 19 heavy (non-hydrogen) atoms. The van der Waals surface area contributed by atoms with Crippen molar-refractivity contribution in [1.29, 1.82) is 5.26 Å². The molecule has 1 aromatic rings. The second kappa shape index (κ2) is 6.38. The Labute approximate surface area is 109 Å². The van der Waals surface area contributed by atoms with Gasteiger partial charge < -0.3 is 10.0 Å². The zero-order valence-corrected chi connectivity index (χ0v) is 10.4. The Hall–Kier alpha value is -1.81. The zero-order chi connectivity index (χ0) is 14.5. The highest BCUT2D eigenvalue weighted by molar-refractivity contribution is 5.54. The van der Waals surface area contributed by atoms with Crippen LogP contribution in [-0.4, -0.2) is 29.8 Å². The van der Waals surface area contributed by atoms with E-state index in [2.05, 4.69) is 4.98 Å². The highest BCUT2D eigenvalue weighted by atomic mass is 19.4. The van der Waals surface area contributed by atoms with E-state index in [1.54, 1.807) is 0 Å². The van der Waals surface area contributed by atoms with Crippen LogP contribution in [0.1, 0.15) is 24.6 Å². The topological polar surface area (TPSA) is 60.1 Å². The van der Waals surface area contributed by atoms with Gasteiger partial charge in [0.2, 0.25) is 0 Å². The molecule has 0 radical (unpaired) electrons. The summed E-state index contributed by atoms with van der Waals surface area (Å²) in [5.41, 5.74) is -0.976. The summed E-state index contributed by atoms with van der Waals surface area (Å²) < 4.78 is 37.9. The lowest BCUT2D eigenvalue weighted by Crippen LogP contribution is -2.29. The third-order valence-corrected chi connectivity index (χ3v) is 2.45. The number of pyridine rings is 1. The largest absolute Gasteiger partial charge is 0.433 e. The number of nitriles is 1. The fourth-order valence-corrected chi connectivity index (χ4v) is 1.65. The van der Waals surface area contributed by atoms with E-state index < -0.39 is 11.9 Å². The smallest absolute Gasteiger partial charge is 0.395 e. The van der Waals surface area contributed by atoms with Gasteiger partial charge in [0, 0.05) is 13.1 Å². The number of rotatable bonds is 5. The molecule has 1 rings (SSSR count). The Morgan fingerprint density at radius 1 is 1.37 bits per heavy atom. The van der Waals surface area contributed by atoms with E-state index in [1.165, 1.54) is 4.90 Å². The van der Waals surface area contributed by atoms with E-state index in [-0.39, 0.29) is 24.5 Å². The molecule has 0 saturated heterocycles. The molecule has 0 saturated carbocycles. The lowest BCUT2D eigenvalue weighted by Gasteiger charge is -2.23. The molecule has 1 heterocycles. The molecule has 0 aliphatic carbocycles. The number of aliphatic hydroxyl groups excluding tert-OH is 1. The second-order valence-corrected chi connectivity index (χ2v) is 3.89. The van der Waals surface area contributed by atoms with Gasteiger partial charge in [-0.3, -0.25) is 0 Å². The number of alkyl halides is 3. The minimum atomic E-state index is -4.56. The van der Waals surface area contributed by atoms with Crippen molar-refractivity contribution in [2.24, 2.45) is 0 Å². The number of aliphatic hydroxyl groups is 1. The number of hydrogen-bond donors (Lipinski definition) is 1. The average molecular weight is 273 g/mol. The molecule has 7 heteroatoms. The maximum Gasteiger partial charge on any atom is 0.433 e. The fourth-order valence-electron chi connectivity index (χ4n) is 1.65. The van der Waals surface area contributed by atoms with E-state index >= 15 is 0 Å². The molecule has 1 aromatic heterocycles. The summed E-state index contributed by atoms with van der Waals surface area (Å²) in [6.07, 6.45) is -3.89. The van der Waals surface area contributed by atoms with Crippen molar-refractivity contribution in [3.05, 3.63) is 23.4 Å². The van der Waals surface area contributed by atoms with Crippen molar-refractivity contribution in [1.82, 2.24) is 4.98 Å². The van der Waals surface area contributed by atoms with E-state index in [4.69, 9.17) is 10.4 Å². The van der Waals surface area contributed by atoms with Crippen molar-refractivity contribution in [2.75, 3.05) is 24.6 Å². The van der Waals surface area contributed by atoms with Crippen LogP contribution in [0.15, 0.2) is 12.1 Å². The van der Waals surface area contributed by atoms with Gasteiger partial charge in [-0.05, 0) is 18.6 Å². The highest BCUT2D eigenvalue weighted by Gasteiger charge is 2.33. The molecular formula is C12H14F3N3O. The van der Waals surface area contributed by atoms with E-state index in [9.17, 15) is 13.2 Å². The van der Waals surface area contributed by atoms with Gasteiger partial charge in [-0.2, -0.15) is 18.4 Å². The van der Waals surface area contributed by atoms with Gasteiger partial charge in [-0.1, -0.05) is 6.92 Å². The first-order valence-corrected chi connectivity index (χ1v) is 5.78.